The van der Waals surface area contributed by atoms with Gasteiger partial charge in [0.05, 0.1) is 13.0 Å². The third-order valence-electron chi connectivity index (χ3n) is 5.16. The van der Waals surface area contributed by atoms with E-state index in [1.165, 1.54) is 5.56 Å². The first-order valence-corrected chi connectivity index (χ1v) is 10.8. The van der Waals surface area contributed by atoms with E-state index in [4.69, 9.17) is 4.74 Å². The molecule has 2 heterocycles. The number of ether oxygens (including phenoxy) is 1. The van der Waals surface area contributed by atoms with Crippen LogP contribution in [-0.4, -0.2) is 47.9 Å². The molecule has 146 valence electrons. The van der Waals surface area contributed by atoms with Crippen molar-refractivity contribution >= 4 is 29.3 Å². The fourth-order valence-electron chi connectivity index (χ4n) is 3.62. The number of nitrogens with zero attached hydrogens (tertiary/aromatic N) is 1. The van der Waals surface area contributed by atoms with Gasteiger partial charge in [-0.1, -0.05) is 12.1 Å². The number of amides is 2. The second kappa shape index (κ2) is 8.27. The predicted octanol–water partition coefficient (Wildman–Crippen LogP) is 3.30. The Labute approximate surface area is 169 Å². The van der Waals surface area contributed by atoms with Crippen molar-refractivity contribution in [3.8, 4) is 5.75 Å². The third kappa shape index (κ3) is 4.17. The lowest BCUT2D eigenvalue weighted by Gasteiger charge is -2.26. The van der Waals surface area contributed by atoms with Crippen molar-refractivity contribution in [3.05, 3.63) is 58.7 Å². The number of anilines is 1. The molecule has 1 fully saturated rings. The van der Waals surface area contributed by atoms with Crippen molar-refractivity contribution in [1.29, 1.82) is 0 Å². The molecule has 0 radical (unpaired) electrons. The quantitative estimate of drug-likeness (QED) is 0.862. The van der Waals surface area contributed by atoms with Crippen LogP contribution in [-0.2, 0) is 17.6 Å². The number of carbonyl (C=O) groups excluding carboxylic acids is 2. The molecule has 2 aliphatic heterocycles. The van der Waals surface area contributed by atoms with Gasteiger partial charge < -0.3 is 15.0 Å². The lowest BCUT2D eigenvalue weighted by atomic mass is 10.1. The van der Waals surface area contributed by atoms with Crippen molar-refractivity contribution in [2.24, 2.45) is 0 Å². The van der Waals surface area contributed by atoms with Gasteiger partial charge >= 0.3 is 0 Å². The average molecular weight is 397 g/mol. The molecule has 2 aliphatic rings. The third-order valence-corrected chi connectivity index (χ3v) is 6.11. The average Bonchev–Trinajstić information content (AvgIpc) is 3.17. The molecule has 5 nitrogen and oxygen atoms in total. The zero-order valence-corrected chi connectivity index (χ0v) is 16.8. The summed E-state index contributed by atoms with van der Waals surface area (Å²) in [5.41, 5.74) is 4.48. The molecule has 2 aromatic rings. The zero-order chi connectivity index (χ0) is 19.5. The molecule has 0 saturated carbocycles. The highest BCUT2D eigenvalue weighted by molar-refractivity contribution is 7.99. The number of carbonyl (C=O) groups is 2. The highest BCUT2D eigenvalue weighted by atomic mass is 32.2. The largest absolute Gasteiger partial charge is 0.493 e. The maximum Gasteiger partial charge on any atom is 0.253 e. The fraction of sp³-hybridized carbons (Fsp3) is 0.364. The highest BCUT2D eigenvalue weighted by Gasteiger charge is 2.19. The number of thioether (sulfide) groups is 1. The lowest BCUT2D eigenvalue weighted by Crippen LogP contribution is -2.37. The first-order valence-electron chi connectivity index (χ1n) is 9.62. The first-order chi connectivity index (χ1) is 13.6. The van der Waals surface area contributed by atoms with Crippen LogP contribution in [0.1, 0.15) is 27.0 Å². The molecule has 1 saturated heterocycles. The SMILES string of the molecule is Cc1cc(C(=O)N2CCSCC2)ccc1NC(=O)Cc1ccc2c(c1)CCO2. The maximum atomic E-state index is 12.6. The Morgan fingerprint density at radius 1 is 1.14 bits per heavy atom. The van der Waals surface area contributed by atoms with Gasteiger partial charge in [0, 0.05) is 42.3 Å². The molecule has 0 spiro atoms. The number of nitrogens with one attached hydrogen (secondary N) is 1. The van der Waals surface area contributed by atoms with Gasteiger partial charge in [-0.3, -0.25) is 9.59 Å². The van der Waals surface area contributed by atoms with E-state index in [1.54, 1.807) is 6.07 Å². The van der Waals surface area contributed by atoms with E-state index >= 15 is 0 Å². The number of hydrogen-bond acceptors (Lipinski definition) is 4. The molecule has 6 heteroatoms. The van der Waals surface area contributed by atoms with Crippen LogP contribution < -0.4 is 10.1 Å². The molecule has 2 amide bonds. The van der Waals surface area contributed by atoms with Crippen molar-refractivity contribution in [3.63, 3.8) is 0 Å². The maximum absolute atomic E-state index is 12.6. The van der Waals surface area contributed by atoms with Crippen LogP contribution in [0.25, 0.3) is 0 Å². The summed E-state index contributed by atoms with van der Waals surface area (Å²) < 4.78 is 5.51. The zero-order valence-electron chi connectivity index (χ0n) is 16.0. The van der Waals surface area contributed by atoms with Crippen LogP contribution in [0, 0.1) is 6.92 Å². The van der Waals surface area contributed by atoms with Crippen LogP contribution in [0.2, 0.25) is 0 Å². The van der Waals surface area contributed by atoms with Gasteiger partial charge in [0.15, 0.2) is 0 Å². The molecule has 4 rings (SSSR count). The van der Waals surface area contributed by atoms with E-state index in [1.807, 2.05) is 53.9 Å². The Hall–Kier alpha value is -2.47. The minimum Gasteiger partial charge on any atom is -0.493 e. The molecule has 0 atom stereocenters. The van der Waals surface area contributed by atoms with E-state index in [9.17, 15) is 9.59 Å². The summed E-state index contributed by atoms with van der Waals surface area (Å²) in [7, 11) is 0. The molecule has 0 aliphatic carbocycles. The normalized spacial score (nSPS) is 15.7. The van der Waals surface area contributed by atoms with Gasteiger partial charge in [-0.2, -0.15) is 11.8 Å². The van der Waals surface area contributed by atoms with Crippen LogP contribution in [0.3, 0.4) is 0 Å². The molecule has 0 unspecified atom stereocenters. The van der Waals surface area contributed by atoms with Gasteiger partial charge in [0.2, 0.25) is 5.91 Å². The second-order valence-corrected chi connectivity index (χ2v) is 8.42. The van der Waals surface area contributed by atoms with Crippen molar-refractivity contribution in [2.75, 3.05) is 36.5 Å². The Bertz CT molecular complexity index is 907. The van der Waals surface area contributed by atoms with Crippen LogP contribution in [0.4, 0.5) is 5.69 Å². The summed E-state index contributed by atoms with van der Waals surface area (Å²) >= 11 is 1.88. The van der Waals surface area contributed by atoms with E-state index in [0.29, 0.717) is 18.6 Å². The molecule has 28 heavy (non-hydrogen) atoms. The second-order valence-electron chi connectivity index (χ2n) is 7.20. The number of aryl methyl sites for hydroxylation is 1. The predicted molar refractivity (Wildman–Crippen MR) is 112 cm³/mol. The van der Waals surface area contributed by atoms with Gasteiger partial charge in [-0.25, -0.2) is 0 Å². The molecular weight excluding hydrogens is 372 g/mol. The Morgan fingerprint density at radius 3 is 2.75 bits per heavy atom. The number of fused-ring (bicyclic) bond motifs is 1. The smallest absolute Gasteiger partial charge is 0.253 e. The Morgan fingerprint density at radius 2 is 1.96 bits per heavy atom. The number of benzene rings is 2. The van der Waals surface area contributed by atoms with Gasteiger partial charge in [0.1, 0.15) is 5.75 Å². The lowest BCUT2D eigenvalue weighted by molar-refractivity contribution is -0.115. The van der Waals surface area contributed by atoms with E-state index < -0.39 is 0 Å². The molecule has 0 aromatic heterocycles. The number of rotatable bonds is 4. The standard InChI is InChI=1S/C22H24N2O3S/c1-15-12-18(22(26)24-7-10-28-11-8-24)3-4-19(15)23-21(25)14-16-2-5-20-17(13-16)6-9-27-20/h2-5,12-13H,6-11,14H2,1H3,(H,23,25). The van der Waals surface area contributed by atoms with Crippen LogP contribution in [0.15, 0.2) is 36.4 Å². The molecular formula is C22H24N2O3S. The molecule has 1 N–H and O–H groups in total. The number of hydrogen-bond donors (Lipinski definition) is 1. The summed E-state index contributed by atoms with van der Waals surface area (Å²) in [6, 6.07) is 11.4. The molecule has 2 aromatic carbocycles. The van der Waals surface area contributed by atoms with Crippen molar-refractivity contribution < 1.29 is 14.3 Å². The molecule has 0 bridgehead atoms. The Balaban J connectivity index is 1.40. The van der Waals surface area contributed by atoms with Gasteiger partial charge in [0.25, 0.3) is 5.91 Å². The monoisotopic (exact) mass is 396 g/mol. The van der Waals surface area contributed by atoms with Crippen LogP contribution in [0.5, 0.6) is 5.75 Å². The summed E-state index contributed by atoms with van der Waals surface area (Å²) in [6.45, 7) is 4.23. The van der Waals surface area contributed by atoms with Crippen LogP contribution >= 0.6 is 11.8 Å². The van der Waals surface area contributed by atoms with E-state index in [-0.39, 0.29) is 11.8 Å². The Kier molecular flexibility index (Phi) is 5.57. The van der Waals surface area contributed by atoms with Gasteiger partial charge in [-0.15, -0.1) is 0 Å². The summed E-state index contributed by atoms with van der Waals surface area (Å²) in [5.74, 6) is 2.92. The highest BCUT2D eigenvalue weighted by Crippen LogP contribution is 2.26. The van der Waals surface area contributed by atoms with Crippen molar-refractivity contribution in [2.45, 2.75) is 19.8 Å². The minimum absolute atomic E-state index is 0.0610. The first kappa shape index (κ1) is 18.9. The van der Waals surface area contributed by atoms with E-state index in [2.05, 4.69) is 5.32 Å². The van der Waals surface area contributed by atoms with Crippen molar-refractivity contribution in [1.82, 2.24) is 4.90 Å². The summed E-state index contributed by atoms with van der Waals surface area (Å²) in [4.78, 5) is 27.0. The summed E-state index contributed by atoms with van der Waals surface area (Å²) in [5, 5.41) is 2.97. The van der Waals surface area contributed by atoms with Gasteiger partial charge in [-0.05, 0) is 47.9 Å². The van der Waals surface area contributed by atoms with E-state index in [0.717, 1.165) is 53.6 Å². The minimum atomic E-state index is -0.0610. The topological polar surface area (TPSA) is 58.6 Å². The summed E-state index contributed by atoms with van der Waals surface area (Å²) in [6.07, 6.45) is 1.22. The fourth-order valence-corrected chi connectivity index (χ4v) is 4.52.